The van der Waals surface area contributed by atoms with Crippen molar-refractivity contribution in [2.24, 2.45) is 0 Å². The Bertz CT molecular complexity index is 1900. The van der Waals surface area contributed by atoms with Crippen LogP contribution in [-0.4, -0.2) is 67.4 Å². The van der Waals surface area contributed by atoms with E-state index < -0.39 is 0 Å². The molecule has 0 radical (unpaired) electrons. The van der Waals surface area contributed by atoms with E-state index in [2.05, 4.69) is 66.3 Å². The Morgan fingerprint density at radius 2 is 1.38 bits per heavy atom. The summed E-state index contributed by atoms with van der Waals surface area (Å²) in [4.78, 5) is 45.1. The summed E-state index contributed by atoms with van der Waals surface area (Å²) >= 11 is 0. The van der Waals surface area contributed by atoms with Gasteiger partial charge in [-0.15, -0.1) is 10.2 Å². The van der Waals surface area contributed by atoms with Gasteiger partial charge in [-0.05, 0) is 38.1 Å². The molecule has 2 amide bonds. The lowest BCUT2D eigenvalue weighted by Crippen LogP contribution is -2.16. The minimum absolute atomic E-state index is 0.161. The molecule has 0 aromatic carbocycles. The Morgan fingerprint density at radius 1 is 0.787 bits per heavy atom. The van der Waals surface area contributed by atoms with Gasteiger partial charge in [-0.3, -0.25) is 40.4 Å². The molecule has 6 rings (SSSR count). The maximum atomic E-state index is 12.0. The number of nitrogens with zero attached hydrogens (tertiary/aromatic N) is 9. The van der Waals surface area contributed by atoms with Crippen LogP contribution < -0.4 is 10.6 Å². The number of aromatic amines is 2. The Hall–Kier alpha value is -6.13. The highest BCUT2D eigenvalue weighted by atomic mass is 16.5. The highest BCUT2D eigenvalue weighted by molar-refractivity contribution is 5.91. The van der Waals surface area contributed by atoms with E-state index in [0.29, 0.717) is 52.6 Å². The molecule has 0 aliphatic carbocycles. The summed E-state index contributed by atoms with van der Waals surface area (Å²) < 4.78 is 10.2. The molecule has 0 saturated carbocycles. The topological polar surface area (TPSA) is 232 Å². The van der Waals surface area contributed by atoms with Crippen LogP contribution in [0, 0.1) is 13.8 Å². The van der Waals surface area contributed by atoms with Gasteiger partial charge in [-0.25, -0.2) is 0 Å². The van der Waals surface area contributed by atoms with E-state index in [9.17, 15) is 9.59 Å². The summed E-state index contributed by atoms with van der Waals surface area (Å²) in [5, 5.41) is 26.4. The van der Waals surface area contributed by atoms with Gasteiger partial charge in [0.2, 0.25) is 29.6 Å². The second kappa shape index (κ2) is 14.3. The number of H-pyrrole nitrogens is 2. The smallest absolute Gasteiger partial charge is 0.249 e. The fraction of sp³-hybridized carbons (Fsp3) is 0.300. The average molecular weight is 640 g/mol. The number of anilines is 2. The molecule has 0 bridgehead atoms. The van der Waals surface area contributed by atoms with Gasteiger partial charge >= 0.3 is 0 Å². The molecule has 0 spiro atoms. The first kappa shape index (κ1) is 32.3. The largest absolute Gasteiger partial charge is 0.361 e. The van der Waals surface area contributed by atoms with Crippen molar-refractivity contribution in [1.82, 2.24) is 55.6 Å². The number of carbonyl (C=O) groups excluding carboxylic acids is 2. The Morgan fingerprint density at radius 3 is 1.87 bits per heavy atom. The molecule has 47 heavy (non-hydrogen) atoms. The fourth-order valence-electron chi connectivity index (χ4n) is 4.02. The lowest BCUT2D eigenvalue weighted by molar-refractivity contribution is -0.116. The SMILES string of the molecule is CC(C)(C)c1noc(CCC(=O)Nc2n[nH]c(-c3ccccn3)n2)n1.Cc1noc(C)c1CC(=O)Nc1n[nH]c(-c2ccccn2)n1. The molecule has 242 valence electrons. The summed E-state index contributed by atoms with van der Waals surface area (Å²) in [6, 6.07) is 10.9. The van der Waals surface area contributed by atoms with Gasteiger partial charge in [0.1, 0.15) is 17.1 Å². The first-order chi connectivity index (χ1) is 22.5. The van der Waals surface area contributed by atoms with Gasteiger partial charge in [0.25, 0.3) is 0 Å². The highest BCUT2D eigenvalue weighted by Gasteiger charge is 2.21. The second-order valence-electron chi connectivity index (χ2n) is 11.3. The first-order valence-corrected chi connectivity index (χ1v) is 14.6. The standard InChI is InChI=1S/C16H19N7O2.C14H14N6O2/c1-16(2,3)14-19-12(25-23-14)8-7-11(24)18-15-20-13(21-22-15)10-6-4-5-9-17-10;1-8-10(9(2)22-20-8)7-12(21)16-14-17-13(18-19-14)11-5-3-4-6-15-11/h4-6,9H,7-8H2,1-3H3,(H2,18,20,21,22,24);3-6H,7H2,1-2H3,(H2,16,17,18,19,21). The third kappa shape index (κ3) is 8.74. The molecule has 0 fully saturated rings. The van der Waals surface area contributed by atoms with E-state index in [1.54, 1.807) is 38.4 Å². The normalized spacial score (nSPS) is 11.1. The van der Waals surface area contributed by atoms with E-state index in [-0.39, 0.29) is 42.0 Å². The van der Waals surface area contributed by atoms with Crippen LogP contribution in [0.4, 0.5) is 11.9 Å². The van der Waals surface area contributed by atoms with Crippen molar-refractivity contribution >= 4 is 23.7 Å². The lowest BCUT2D eigenvalue weighted by Gasteiger charge is -2.10. The molecule has 0 atom stereocenters. The van der Waals surface area contributed by atoms with E-state index in [1.807, 2.05) is 45.0 Å². The number of hydrogen-bond acceptors (Lipinski definition) is 13. The van der Waals surface area contributed by atoms with E-state index >= 15 is 0 Å². The van der Waals surface area contributed by atoms with Crippen LogP contribution in [0.5, 0.6) is 0 Å². The van der Waals surface area contributed by atoms with E-state index in [0.717, 1.165) is 5.56 Å². The monoisotopic (exact) mass is 639 g/mol. The number of rotatable bonds is 9. The molecule has 17 nitrogen and oxygen atoms in total. The zero-order valence-corrected chi connectivity index (χ0v) is 26.4. The molecule has 0 saturated heterocycles. The zero-order valence-electron chi connectivity index (χ0n) is 26.4. The number of aromatic nitrogens is 11. The number of amides is 2. The van der Waals surface area contributed by atoms with E-state index in [1.165, 1.54) is 0 Å². The third-order valence-corrected chi connectivity index (χ3v) is 6.51. The molecule has 17 heteroatoms. The maximum Gasteiger partial charge on any atom is 0.249 e. The van der Waals surface area contributed by atoms with Crippen molar-refractivity contribution in [1.29, 1.82) is 0 Å². The fourth-order valence-corrected chi connectivity index (χ4v) is 4.02. The zero-order chi connectivity index (χ0) is 33.4. The van der Waals surface area contributed by atoms with Gasteiger partial charge < -0.3 is 9.05 Å². The minimum Gasteiger partial charge on any atom is -0.361 e. The molecular weight excluding hydrogens is 606 g/mol. The molecule has 0 aliphatic rings. The summed E-state index contributed by atoms with van der Waals surface area (Å²) in [5.41, 5.74) is 2.59. The van der Waals surface area contributed by atoms with Crippen LogP contribution in [0.3, 0.4) is 0 Å². The predicted octanol–water partition coefficient (Wildman–Crippen LogP) is 3.77. The van der Waals surface area contributed by atoms with Crippen molar-refractivity contribution in [3.8, 4) is 23.0 Å². The van der Waals surface area contributed by atoms with E-state index in [4.69, 9.17) is 9.05 Å². The van der Waals surface area contributed by atoms with Crippen LogP contribution in [-0.2, 0) is 27.8 Å². The van der Waals surface area contributed by atoms with Gasteiger partial charge in [-0.1, -0.05) is 43.2 Å². The first-order valence-electron chi connectivity index (χ1n) is 14.6. The molecule has 6 aromatic rings. The molecular formula is C30H33N13O4. The highest BCUT2D eigenvalue weighted by Crippen LogP contribution is 2.19. The van der Waals surface area contributed by atoms with Crippen molar-refractivity contribution < 1.29 is 18.6 Å². The van der Waals surface area contributed by atoms with Gasteiger partial charge in [-0.2, -0.15) is 15.0 Å². The van der Waals surface area contributed by atoms with Gasteiger partial charge in [0, 0.05) is 36.2 Å². The average Bonchev–Trinajstić information content (AvgIpc) is 3.88. The number of aryl methyl sites for hydroxylation is 3. The van der Waals surface area contributed by atoms with Crippen molar-refractivity contribution in [3.05, 3.63) is 77.5 Å². The summed E-state index contributed by atoms with van der Waals surface area (Å²) in [5.74, 6) is 2.61. The van der Waals surface area contributed by atoms with Gasteiger partial charge in [0.15, 0.2) is 17.5 Å². The predicted molar refractivity (Wildman–Crippen MR) is 167 cm³/mol. The molecule has 0 unspecified atom stereocenters. The minimum atomic E-state index is -0.235. The molecule has 0 aliphatic heterocycles. The molecule has 4 N–H and O–H groups in total. The third-order valence-electron chi connectivity index (χ3n) is 6.51. The number of nitrogens with one attached hydrogen (secondary N) is 4. The summed E-state index contributed by atoms with van der Waals surface area (Å²) in [6.07, 6.45) is 4.03. The van der Waals surface area contributed by atoms with Crippen LogP contribution in [0.15, 0.2) is 57.8 Å². The van der Waals surface area contributed by atoms with Crippen LogP contribution >= 0.6 is 0 Å². The molecule has 6 aromatic heterocycles. The Balaban J connectivity index is 0.000000186. The number of carbonyl (C=O) groups is 2. The Kier molecular flexibility index (Phi) is 9.83. The summed E-state index contributed by atoms with van der Waals surface area (Å²) in [6.45, 7) is 9.56. The number of hydrogen-bond donors (Lipinski definition) is 4. The second-order valence-corrected chi connectivity index (χ2v) is 11.3. The number of pyridine rings is 2. The lowest BCUT2D eigenvalue weighted by atomic mass is 9.96. The maximum absolute atomic E-state index is 12.0. The van der Waals surface area contributed by atoms with Crippen LogP contribution in [0.1, 0.15) is 55.9 Å². The van der Waals surface area contributed by atoms with Crippen molar-refractivity contribution in [3.63, 3.8) is 0 Å². The summed E-state index contributed by atoms with van der Waals surface area (Å²) in [7, 11) is 0. The Labute approximate surface area is 268 Å². The van der Waals surface area contributed by atoms with Gasteiger partial charge in [0.05, 0.1) is 12.1 Å². The van der Waals surface area contributed by atoms with Crippen molar-refractivity contribution in [2.45, 2.75) is 59.3 Å². The molecule has 6 heterocycles. The van der Waals surface area contributed by atoms with Crippen LogP contribution in [0.25, 0.3) is 23.0 Å². The quantitative estimate of drug-likeness (QED) is 0.177. The van der Waals surface area contributed by atoms with Crippen molar-refractivity contribution in [2.75, 3.05) is 10.6 Å². The van der Waals surface area contributed by atoms with Crippen LogP contribution in [0.2, 0.25) is 0 Å².